The van der Waals surface area contributed by atoms with E-state index in [2.05, 4.69) is 16.7 Å². The standard InChI is InChI=1S/C21H23As2F3IN2O2/c1-23(2)8-7-22-10-21(31)11-29(12-21)20(30)14-4-5-15(24)18(26)19(14)28-17-6-3-13(27)9-16(17)25/h3-6,9,28,31H,7-8,10-12H2,1-2H3. The van der Waals surface area contributed by atoms with Crippen LogP contribution in [0.2, 0.25) is 27.0 Å². The first kappa shape index (κ1) is 24.9. The molecule has 167 valence electrons. The van der Waals surface area contributed by atoms with Gasteiger partial charge in [-0.3, -0.25) is 0 Å². The second kappa shape index (κ2) is 10.5. The molecule has 1 aliphatic rings. The van der Waals surface area contributed by atoms with Crippen LogP contribution < -0.4 is 5.32 Å². The Balaban J connectivity index is 1.73. The molecule has 1 fully saturated rings. The summed E-state index contributed by atoms with van der Waals surface area (Å²) in [5.74, 6) is -3.55. The number of nitrogens with zero attached hydrogens (tertiary/aromatic N) is 1. The molecule has 2 N–H and O–H groups in total. The number of nitrogens with one attached hydrogen (secondary N) is 1. The number of rotatable bonds is 8. The molecule has 3 rings (SSSR count). The first-order chi connectivity index (χ1) is 14.6. The Morgan fingerprint density at radius 3 is 2.58 bits per heavy atom. The molecule has 0 spiro atoms. The van der Waals surface area contributed by atoms with Crippen LogP contribution in [-0.2, 0) is 0 Å². The van der Waals surface area contributed by atoms with Crippen molar-refractivity contribution in [3.63, 3.8) is 0 Å². The number of likely N-dealkylation sites (tertiary alicyclic amines) is 1. The molecule has 0 unspecified atom stereocenters. The Morgan fingerprint density at radius 1 is 1.23 bits per heavy atom. The van der Waals surface area contributed by atoms with Crippen LogP contribution in [0.1, 0.15) is 10.4 Å². The van der Waals surface area contributed by atoms with Crippen LogP contribution in [0.3, 0.4) is 0 Å². The van der Waals surface area contributed by atoms with Crippen molar-refractivity contribution in [1.82, 2.24) is 4.90 Å². The van der Waals surface area contributed by atoms with E-state index >= 15 is 0 Å². The van der Waals surface area contributed by atoms with Crippen LogP contribution in [-0.4, -0.2) is 65.0 Å². The van der Waals surface area contributed by atoms with E-state index in [9.17, 15) is 23.1 Å². The summed E-state index contributed by atoms with van der Waals surface area (Å²) in [6, 6.07) is 6.34. The fourth-order valence-corrected chi connectivity index (χ4v) is 12.3. The molecule has 1 aliphatic heterocycles. The summed E-state index contributed by atoms with van der Waals surface area (Å²) in [6.07, 6.45) is 0. The van der Waals surface area contributed by atoms with Gasteiger partial charge in [-0.15, -0.1) is 0 Å². The minimum absolute atomic E-state index is 0.0299. The summed E-state index contributed by atoms with van der Waals surface area (Å²) in [4.78, 5) is 14.4. The van der Waals surface area contributed by atoms with E-state index in [1.165, 1.54) is 33.5 Å². The van der Waals surface area contributed by atoms with Crippen LogP contribution in [0.5, 0.6) is 0 Å². The molecule has 0 aromatic heterocycles. The van der Waals surface area contributed by atoms with Gasteiger partial charge in [0.1, 0.15) is 0 Å². The van der Waals surface area contributed by atoms with Crippen LogP contribution in [0.25, 0.3) is 0 Å². The molecular weight excluding hydrogens is 646 g/mol. The molecular formula is C21H23As2F3IN2O2. The average molecular weight is 669 g/mol. The van der Waals surface area contributed by atoms with Gasteiger partial charge in [0.25, 0.3) is 0 Å². The number of carbonyl (C=O) groups is 1. The number of benzene rings is 2. The molecule has 0 aliphatic carbocycles. The Hall–Kier alpha value is -0.693. The summed E-state index contributed by atoms with van der Waals surface area (Å²) in [5, 5.41) is 16.3. The van der Waals surface area contributed by atoms with Gasteiger partial charge in [-0.25, -0.2) is 0 Å². The first-order valence-electron chi connectivity index (χ1n) is 9.59. The SMILES string of the molecule is C[As](C)CC[As]CC1(O)CN(C(=O)c2ccc(F)c(F)c2Nc2ccc(I)cc2F)C1. The minimum atomic E-state index is -1.25. The van der Waals surface area contributed by atoms with Gasteiger partial charge in [0.05, 0.1) is 0 Å². The van der Waals surface area contributed by atoms with Gasteiger partial charge >= 0.3 is 184 Å². The Kier molecular flexibility index (Phi) is 8.44. The average Bonchev–Trinajstić information content (AvgIpc) is 2.68. The predicted octanol–water partition coefficient (Wildman–Crippen LogP) is 4.93. The zero-order valence-electron chi connectivity index (χ0n) is 17.1. The van der Waals surface area contributed by atoms with Crippen LogP contribution >= 0.6 is 22.6 Å². The summed E-state index contributed by atoms with van der Waals surface area (Å²) in [5.41, 5.74) is 3.15. The third-order valence-electron chi connectivity index (χ3n) is 4.89. The molecule has 1 saturated heterocycles. The normalized spacial score (nSPS) is 15.5. The van der Waals surface area contributed by atoms with E-state index in [4.69, 9.17) is 0 Å². The third-order valence-corrected chi connectivity index (χ3v) is 12.4. The molecule has 2 aromatic rings. The predicted molar refractivity (Wildman–Crippen MR) is 127 cm³/mol. The van der Waals surface area contributed by atoms with Gasteiger partial charge in [-0.05, 0) is 22.6 Å². The zero-order chi connectivity index (χ0) is 22.8. The van der Waals surface area contributed by atoms with Gasteiger partial charge in [0, 0.05) is 0 Å². The summed E-state index contributed by atoms with van der Waals surface area (Å²) in [6.45, 7) is 0.328. The van der Waals surface area contributed by atoms with Gasteiger partial charge in [-0.1, -0.05) is 0 Å². The number of hydrogen-bond acceptors (Lipinski definition) is 3. The van der Waals surface area contributed by atoms with Crippen LogP contribution in [0.4, 0.5) is 24.5 Å². The second-order valence-corrected chi connectivity index (χ2v) is 17.1. The van der Waals surface area contributed by atoms with E-state index in [-0.39, 0.29) is 40.1 Å². The molecule has 0 saturated carbocycles. The number of β-amino-alcohol motifs (C(OH)–C–C–N with tert-alkyl or cyclic N) is 1. The van der Waals surface area contributed by atoms with Gasteiger partial charge < -0.3 is 0 Å². The summed E-state index contributed by atoms with van der Waals surface area (Å²) < 4.78 is 43.3. The quantitative estimate of drug-likeness (QED) is 0.238. The van der Waals surface area contributed by atoms with Crippen molar-refractivity contribution in [2.24, 2.45) is 0 Å². The topological polar surface area (TPSA) is 52.6 Å². The van der Waals surface area contributed by atoms with E-state index in [0.29, 0.717) is 8.78 Å². The molecule has 1 amide bonds. The van der Waals surface area contributed by atoms with E-state index in [0.717, 1.165) is 6.07 Å². The molecule has 31 heavy (non-hydrogen) atoms. The maximum absolute atomic E-state index is 14.6. The van der Waals surface area contributed by atoms with Crippen molar-refractivity contribution in [1.29, 1.82) is 0 Å². The molecule has 1 heterocycles. The maximum atomic E-state index is 14.6. The van der Waals surface area contributed by atoms with Gasteiger partial charge in [-0.2, -0.15) is 0 Å². The van der Waals surface area contributed by atoms with Crippen molar-refractivity contribution in [3.8, 4) is 0 Å². The number of aliphatic hydroxyl groups is 1. The van der Waals surface area contributed by atoms with Crippen molar-refractivity contribution >= 4 is 70.3 Å². The molecule has 0 atom stereocenters. The number of amides is 1. The number of carbonyl (C=O) groups excluding carboxylic acids is 1. The van der Waals surface area contributed by atoms with Crippen molar-refractivity contribution in [3.05, 3.63) is 56.9 Å². The Bertz CT molecular complexity index is 972. The second-order valence-electron chi connectivity index (χ2n) is 7.83. The first-order valence-corrected chi connectivity index (χ1v) is 18.4. The van der Waals surface area contributed by atoms with E-state index < -0.39 is 49.3 Å². The van der Waals surface area contributed by atoms with E-state index in [1.807, 2.05) is 22.6 Å². The van der Waals surface area contributed by atoms with Gasteiger partial charge in [0.2, 0.25) is 0 Å². The Labute approximate surface area is 205 Å². The number of hydrogen-bond donors (Lipinski definition) is 2. The monoisotopic (exact) mass is 669 g/mol. The number of anilines is 2. The van der Waals surface area contributed by atoms with Crippen molar-refractivity contribution in [2.75, 3.05) is 18.4 Å². The molecule has 4 nitrogen and oxygen atoms in total. The van der Waals surface area contributed by atoms with Crippen LogP contribution in [0, 0.1) is 21.0 Å². The number of halogens is 4. The molecule has 1 radical (unpaired) electrons. The van der Waals surface area contributed by atoms with Crippen molar-refractivity contribution in [2.45, 2.75) is 32.6 Å². The van der Waals surface area contributed by atoms with Gasteiger partial charge in [0.15, 0.2) is 0 Å². The molecule has 10 heteroatoms. The van der Waals surface area contributed by atoms with Crippen LogP contribution in [0.15, 0.2) is 30.3 Å². The zero-order valence-corrected chi connectivity index (χ0v) is 23.0. The van der Waals surface area contributed by atoms with Crippen molar-refractivity contribution < 1.29 is 23.1 Å². The summed E-state index contributed by atoms with van der Waals surface area (Å²) in [7, 11) is 0. The molecule has 0 bridgehead atoms. The fraction of sp³-hybridized carbons (Fsp3) is 0.381. The summed E-state index contributed by atoms with van der Waals surface area (Å²) >= 11 is 1.32. The molecule has 2 aromatic carbocycles. The fourth-order valence-electron chi connectivity index (χ4n) is 3.21. The third kappa shape index (κ3) is 6.21. The Morgan fingerprint density at radius 2 is 1.94 bits per heavy atom. The van der Waals surface area contributed by atoms with E-state index in [1.54, 1.807) is 6.07 Å².